The number of aromatic nitrogens is 2. The standard InChI is InChI=1S/C18H23N5O2/c19-15-13-10-18(25-16(13)22-17(20)21-15)6-3-8-23(9-7-18)11-12-4-1-2-5-14(12)24/h1-2,4-5,24H,3,6-11H2,(H4,19,20,21,22). The van der Waals surface area contributed by atoms with E-state index in [0.717, 1.165) is 56.4 Å². The first-order valence-corrected chi connectivity index (χ1v) is 8.65. The van der Waals surface area contributed by atoms with E-state index in [4.69, 9.17) is 16.2 Å². The number of anilines is 2. The van der Waals surface area contributed by atoms with Crippen LogP contribution in [-0.2, 0) is 13.0 Å². The summed E-state index contributed by atoms with van der Waals surface area (Å²) in [6.45, 7) is 2.61. The van der Waals surface area contributed by atoms with E-state index >= 15 is 0 Å². The number of aromatic hydroxyl groups is 1. The van der Waals surface area contributed by atoms with Gasteiger partial charge in [-0.05, 0) is 25.5 Å². The number of benzene rings is 1. The summed E-state index contributed by atoms with van der Waals surface area (Å²) in [7, 11) is 0. The van der Waals surface area contributed by atoms with Crippen LogP contribution in [0.25, 0.3) is 0 Å². The van der Waals surface area contributed by atoms with Crippen molar-refractivity contribution in [2.45, 2.75) is 37.8 Å². The van der Waals surface area contributed by atoms with E-state index in [9.17, 15) is 5.11 Å². The van der Waals surface area contributed by atoms with Crippen molar-refractivity contribution >= 4 is 11.8 Å². The molecule has 3 heterocycles. The fourth-order valence-corrected chi connectivity index (χ4v) is 3.86. The average molecular weight is 341 g/mol. The molecule has 7 heteroatoms. The summed E-state index contributed by atoms with van der Waals surface area (Å²) < 4.78 is 6.21. The second-order valence-corrected chi connectivity index (χ2v) is 6.97. The summed E-state index contributed by atoms with van der Waals surface area (Å²) in [6, 6.07) is 7.50. The van der Waals surface area contributed by atoms with Gasteiger partial charge in [-0.25, -0.2) is 0 Å². The Morgan fingerprint density at radius 3 is 2.84 bits per heavy atom. The molecule has 2 aromatic rings. The van der Waals surface area contributed by atoms with Crippen LogP contribution in [0, 0.1) is 0 Å². The van der Waals surface area contributed by atoms with Crippen LogP contribution in [0.5, 0.6) is 11.6 Å². The summed E-state index contributed by atoms with van der Waals surface area (Å²) in [4.78, 5) is 10.6. The number of hydrogen-bond donors (Lipinski definition) is 3. The van der Waals surface area contributed by atoms with Crippen LogP contribution in [0.1, 0.15) is 30.4 Å². The Morgan fingerprint density at radius 1 is 1.16 bits per heavy atom. The highest BCUT2D eigenvalue weighted by Crippen LogP contribution is 2.42. The van der Waals surface area contributed by atoms with E-state index in [1.807, 2.05) is 18.2 Å². The lowest BCUT2D eigenvalue weighted by molar-refractivity contribution is 0.0728. The fraction of sp³-hybridized carbons (Fsp3) is 0.444. The molecule has 2 aliphatic heterocycles. The van der Waals surface area contributed by atoms with Crippen molar-refractivity contribution in [1.29, 1.82) is 0 Å². The molecule has 0 aliphatic carbocycles. The molecule has 5 N–H and O–H groups in total. The Morgan fingerprint density at radius 2 is 2.00 bits per heavy atom. The fourth-order valence-electron chi connectivity index (χ4n) is 3.86. The van der Waals surface area contributed by atoms with Crippen molar-refractivity contribution in [3.8, 4) is 11.6 Å². The first-order valence-electron chi connectivity index (χ1n) is 8.65. The van der Waals surface area contributed by atoms with Crippen molar-refractivity contribution < 1.29 is 9.84 Å². The zero-order chi connectivity index (χ0) is 17.4. The largest absolute Gasteiger partial charge is 0.508 e. The maximum atomic E-state index is 10.00. The summed E-state index contributed by atoms with van der Waals surface area (Å²) in [6.07, 6.45) is 3.58. The lowest BCUT2D eigenvalue weighted by Crippen LogP contribution is -2.36. The molecule has 1 aromatic heterocycles. The Bertz CT molecular complexity index is 797. The van der Waals surface area contributed by atoms with Crippen LogP contribution in [0.4, 0.5) is 11.8 Å². The number of fused-ring (bicyclic) bond motifs is 1. The molecule has 1 spiro atoms. The van der Waals surface area contributed by atoms with E-state index in [2.05, 4.69) is 14.9 Å². The van der Waals surface area contributed by atoms with Gasteiger partial charge in [0, 0.05) is 31.5 Å². The highest BCUT2D eigenvalue weighted by Gasteiger charge is 2.42. The third kappa shape index (κ3) is 3.07. The zero-order valence-corrected chi connectivity index (χ0v) is 14.1. The van der Waals surface area contributed by atoms with Gasteiger partial charge in [0.15, 0.2) is 0 Å². The maximum Gasteiger partial charge on any atom is 0.225 e. The topological polar surface area (TPSA) is 111 Å². The number of hydrogen-bond acceptors (Lipinski definition) is 7. The first kappa shape index (κ1) is 16.0. The SMILES string of the molecule is Nc1nc(N)c2c(n1)OC1(CCCN(Cc3ccccc3O)CC1)C2. The first-order chi connectivity index (χ1) is 12.0. The van der Waals surface area contributed by atoms with Crippen LogP contribution in [0.3, 0.4) is 0 Å². The molecule has 1 saturated heterocycles. The number of ether oxygens (including phenoxy) is 1. The molecular formula is C18H23N5O2. The molecular weight excluding hydrogens is 318 g/mol. The number of likely N-dealkylation sites (tertiary alicyclic amines) is 1. The number of nitrogens with zero attached hydrogens (tertiary/aromatic N) is 3. The quantitative estimate of drug-likeness (QED) is 0.762. The Hall–Kier alpha value is -2.54. The van der Waals surface area contributed by atoms with E-state index in [1.54, 1.807) is 6.07 Å². The van der Waals surface area contributed by atoms with E-state index in [0.29, 0.717) is 17.4 Å². The normalized spacial score (nSPS) is 23.2. The van der Waals surface area contributed by atoms with E-state index in [1.165, 1.54) is 0 Å². The monoisotopic (exact) mass is 341 g/mol. The molecule has 0 saturated carbocycles. The minimum Gasteiger partial charge on any atom is -0.508 e. The molecule has 7 nitrogen and oxygen atoms in total. The summed E-state index contributed by atoms with van der Waals surface area (Å²) in [5, 5.41) is 10.00. The van der Waals surface area contributed by atoms with Gasteiger partial charge in [-0.1, -0.05) is 18.2 Å². The maximum absolute atomic E-state index is 10.00. The van der Waals surface area contributed by atoms with Gasteiger partial charge in [0.05, 0.1) is 5.56 Å². The van der Waals surface area contributed by atoms with Gasteiger partial charge in [0.2, 0.25) is 11.8 Å². The van der Waals surface area contributed by atoms with Gasteiger partial charge in [0.1, 0.15) is 17.2 Å². The van der Waals surface area contributed by atoms with Crippen molar-refractivity contribution in [2.75, 3.05) is 24.6 Å². The van der Waals surface area contributed by atoms with Crippen molar-refractivity contribution in [2.24, 2.45) is 0 Å². The summed E-state index contributed by atoms with van der Waals surface area (Å²) in [5.41, 5.74) is 13.2. The number of phenolic OH excluding ortho intramolecular Hbond substituents is 1. The number of nitrogen functional groups attached to an aromatic ring is 2. The number of para-hydroxylation sites is 1. The average Bonchev–Trinajstić information content (AvgIpc) is 2.82. The van der Waals surface area contributed by atoms with Crippen molar-refractivity contribution in [1.82, 2.24) is 14.9 Å². The van der Waals surface area contributed by atoms with Gasteiger partial charge in [-0.2, -0.15) is 9.97 Å². The molecule has 1 aromatic carbocycles. The Kier molecular flexibility index (Phi) is 3.88. The predicted octanol–water partition coefficient (Wildman–Crippen LogP) is 1.71. The lowest BCUT2D eigenvalue weighted by atomic mass is 9.90. The highest BCUT2D eigenvalue weighted by molar-refractivity contribution is 5.52. The van der Waals surface area contributed by atoms with E-state index in [-0.39, 0.29) is 11.5 Å². The minimum absolute atomic E-state index is 0.156. The summed E-state index contributed by atoms with van der Waals surface area (Å²) in [5.74, 6) is 1.47. The molecule has 0 amide bonds. The number of rotatable bonds is 2. The van der Waals surface area contributed by atoms with Crippen LogP contribution in [0.2, 0.25) is 0 Å². The van der Waals surface area contributed by atoms with Crippen molar-refractivity contribution in [3.63, 3.8) is 0 Å². The van der Waals surface area contributed by atoms with Crippen LogP contribution in [-0.4, -0.2) is 38.7 Å². The number of phenols is 1. The molecule has 2 aliphatic rings. The van der Waals surface area contributed by atoms with E-state index < -0.39 is 0 Å². The van der Waals surface area contributed by atoms with Crippen LogP contribution in [0.15, 0.2) is 24.3 Å². The van der Waals surface area contributed by atoms with Crippen LogP contribution < -0.4 is 16.2 Å². The van der Waals surface area contributed by atoms with Gasteiger partial charge >= 0.3 is 0 Å². The Labute approximate surface area is 146 Å². The highest BCUT2D eigenvalue weighted by atomic mass is 16.5. The van der Waals surface area contributed by atoms with Gasteiger partial charge < -0.3 is 21.3 Å². The lowest BCUT2D eigenvalue weighted by Gasteiger charge is -2.27. The smallest absolute Gasteiger partial charge is 0.225 e. The molecule has 1 fully saturated rings. The minimum atomic E-state index is -0.271. The van der Waals surface area contributed by atoms with Gasteiger partial charge in [0.25, 0.3) is 0 Å². The molecule has 0 bridgehead atoms. The van der Waals surface area contributed by atoms with Crippen molar-refractivity contribution in [3.05, 3.63) is 35.4 Å². The summed E-state index contributed by atoms with van der Waals surface area (Å²) >= 11 is 0. The Balaban J connectivity index is 1.47. The second kappa shape index (κ2) is 6.07. The molecule has 0 radical (unpaired) electrons. The zero-order valence-electron chi connectivity index (χ0n) is 14.1. The van der Waals surface area contributed by atoms with Crippen LogP contribution >= 0.6 is 0 Å². The molecule has 25 heavy (non-hydrogen) atoms. The third-order valence-corrected chi connectivity index (χ3v) is 5.21. The molecule has 132 valence electrons. The molecule has 4 rings (SSSR count). The number of nitrogens with two attached hydrogens (primary N) is 2. The van der Waals surface area contributed by atoms with Gasteiger partial charge in [-0.15, -0.1) is 0 Å². The predicted molar refractivity (Wildman–Crippen MR) is 95.2 cm³/mol. The second-order valence-electron chi connectivity index (χ2n) is 6.97. The molecule has 1 atom stereocenters. The van der Waals surface area contributed by atoms with Gasteiger partial charge in [-0.3, -0.25) is 4.90 Å². The third-order valence-electron chi connectivity index (χ3n) is 5.21. The molecule has 1 unspecified atom stereocenters.